The maximum Gasteiger partial charge on any atom is 0.257 e. The van der Waals surface area contributed by atoms with Gasteiger partial charge < -0.3 is 9.52 Å². The molecule has 2 aromatic heterocycles. The number of aliphatic hydroxyl groups excluding tert-OH is 1. The smallest absolute Gasteiger partial charge is 0.257 e. The lowest BCUT2D eigenvalue weighted by molar-refractivity contribution is 0.103. The van der Waals surface area contributed by atoms with Gasteiger partial charge in [-0.15, -0.1) is 21.5 Å². The monoisotopic (exact) mass is 293 g/mol. The Labute approximate surface area is 122 Å². The van der Waals surface area contributed by atoms with Crippen LogP contribution in [0.15, 0.2) is 21.9 Å². The highest BCUT2D eigenvalue weighted by Crippen LogP contribution is 2.25. The van der Waals surface area contributed by atoms with Gasteiger partial charge in [-0.05, 0) is 37.3 Å². The van der Waals surface area contributed by atoms with Crippen LogP contribution < -0.4 is 0 Å². The van der Waals surface area contributed by atoms with Crippen LogP contribution in [0.5, 0.6) is 0 Å². The van der Waals surface area contributed by atoms with Crippen molar-refractivity contribution in [2.45, 2.75) is 38.3 Å². The van der Waals surface area contributed by atoms with Crippen molar-refractivity contribution in [3.05, 3.63) is 23.4 Å². The molecular formula is C14H19N3O2S. The zero-order chi connectivity index (χ0) is 13.8. The predicted octanol–water partition coefficient (Wildman–Crippen LogP) is 2.54. The standard InChI is InChI=1S/C14H19N3O2S/c18-8-6-11-4-1-2-7-17(11)10-13-15-16-14(19-13)12-5-3-9-20-12/h3,5,9,11,18H,1-2,4,6-8,10H2. The molecule has 5 nitrogen and oxygen atoms in total. The SMILES string of the molecule is OCCC1CCCCN1Cc1nnc(-c2cccs2)o1. The lowest BCUT2D eigenvalue weighted by Gasteiger charge is -2.34. The van der Waals surface area contributed by atoms with Gasteiger partial charge in [0.05, 0.1) is 11.4 Å². The highest BCUT2D eigenvalue weighted by molar-refractivity contribution is 7.13. The molecule has 0 saturated carbocycles. The fraction of sp³-hybridized carbons (Fsp3) is 0.571. The van der Waals surface area contributed by atoms with E-state index in [9.17, 15) is 0 Å². The minimum absolute atomic E-state index is 0.242. The summed E-state index contributed by atoms with van der Waals surface area (Å²) in [5, 5.41) is 19.4. The van der Waals surface area contributed by atoms with Gasteiger partial charge in [-0.25, -0.2) is 0 Å². The molecule has 1 saturated heterocycles. The van der Waals surface area contributed by atoms with Crippen LogP contribution in [0, 0.1) is 0 Å². The number of aromatic nitrogens is 2. The molecule has 0 radical (unpaired) electrons. The van der Waals surface area contributed by atoms with Gasteiger partial charge in [0.25, 0.3) is 5.89 Å². The molecule has 1 N–H and O–H groups in total. The van der Waals surface area contributed by atoms with E-state index >= 15 is 0 Å². The molecule has 1 unspecified atom stereocenters. The average Bonchev–Trinajstić information content (AvgIpc) is 3.12. The Morgan fingerprint density at radius 2 is 2.35 bits per heavy atom. The first-order chi connectivity index (χ1) is 9.86. The number of hydrogen-bond donors (Lipinski definition) is 1. The molecule has 108 valence electrons. The summed E-state index contributed by atoms with van der Waals surface area (Å²) in [7, 11) is 0. The largest absolute Gasteiger partial charge is 0.419 e. The van der Waals surface area contributed by atoms with E-state index in [2.05, 4.69) is 15.1 Å². The normalized spacial score (nSPS) is 20.4. The van der Waals surface area contributed by atoms with Crippen LogP contribution in [0.3, 0.4) is 0 Å². The van der Waals surface area contributed by atoms with Crippen LogP contribution in [0.25, 0.3) is 10.8 Å². The average molecular weight is 293 g/mol. The second-order valence-corrected chi connectivity index (χ2v) is 6.06. The summed E-state index contributed by atoms with van der Waals surface area (Å²) in [4.78, 5) is 3.36. The molecule has 2 aromatic rings. The number of hydrogen-bond acceptors (Lipinski definition) is 6. The molecule has 20 heavy (non-hydrogen) atoms. The summed E-state index contributed by atoms with van der Waals surface area (Å²) in [6, 6.07) is 4.40. The van der Waals surface area contributed by atoms with Gasteiger partial charge in [0.15, 0.2) is 0 Å². The molecule has 0 spiro atoms. The third kappa shape index (κ3) is 3.08. The summed E-state index contributed by atoms with van der Waals surface area (Å²) >= 11 is 1.60. The second-order valence-electron chi connectivity index (χ2n) is 5.11. The number of aliphatic hydroxyl groups is 1. The lowest BCUT2D eigenvalue weighted by Crippen LogP contribution is -2.39. The minimum atomic E-state index is 0.242. The van der Waals surface area contributed by atoms with Crippen molar-refractivity contribution in [3.8, 4) is 10.8 Å². The van der Waals surface area contributed by atoms with Crippen molar-refractivity contribution in [1.82, 2.24) is 15.1 Å². The molecule has 1 fully saturated rings. The van der Waals surface area contributed by atoms with Crippen LogP contribution in [-0.2, 0) is 6.54 Å². The van der Waals surface area contributed by atoms with Crippen molar-refractivity contribution in [3.63, 3.8) is 0 Å². The third-order valence-corrected chi connectivity index (χ3v) is 4.61. The molecule has 0 aliphatic carbocycles. The van der Waals surface area contributed by atoms with E-state index in [1.807, 2.05) is 17.5 Å². The van der Waals surface area contributed by atoms with E-state index in [-0.39, 0.29) is 6.61 Å². The molecule has 1 aliphatic rings. The predicted molar refractivity (Wildman–Crippen MR) is 77.4 cm³/mol. The molecule has 0 amide bonds. The Bertz CT molecular complexity index is 524. The van der Waals surface area contributed by atoms with Crippen LogP contribution in [0.1, 0.15) is 31.6 Å². The van der Waals surface area contributed by atoms with E-state index in [1.54, 1.807) is 11.3 Å². The first kappa shape index (κ1) is 13.7. The van der Waals surface area contributed by atoms with Gasteiger partial charge >= 0.3 is 0 Å². The zero-order valence-corrected chi connectivity index (χ0v) is 12.2. The van der Waals surface area contributed by atoms with Gasteiger partial charge in [0, 0.05) is 12.6 Å². The molecule has 3 heterocycles. The summed E-state index contributed by atoms with van der Waals surface area (Å²) in [5.41, 5.74) is 0. The van der Waals surface area contributed by atoms with Crippen LogP contribution in [0.2, 0.25) is 0 Å². The van der Waals surface area contributed by atoms with Gasteiger partial charge in [-0.2, -0.15) is 0 Å². The number of likely N-dealkylation sites (tertiary alicyclic amines) is 1. The fourth-order valence-electron chi connectivity index (χ4n) is 2.74. The Morgan fingerprint density at radius 3 is 3.15 bits per heavy atom. The van der Waals surface area contributed by atoms with Crippen LogP contribution >= 0.6 is 11.3 Å². The summed E-state index contributed by atoms with van der Waals surface area (Å²) in [6.45, 7) is 1.97. The third-order valence-electron chi connectivity index (χ3n) is 3.75. The lowest BCUT2D eigenvalue weighted by atomic mass is 10.00. The van der Waals surface area contributed by atoms with Crippen molar-refractivity contribution >= 4 is 11.3 Å². The highest BCUT2D eigenvalue weighted by atomic mass is 32.1. The van der Waals surface area contributed by atoms with Gasteiger partial charge in [0.2, 0.25) is 5.89 Å². The zero-order valence-electron chi connectivity index (χ0n) is 11.4. The van der Waals surface area contributed by atoms with Gasteiger partial charge in [-0.1, -0.05) is 12.5 Å². The first-order valence-corrected chi connectivity index (χ1v) is 7.96. The van der Waals surface area contributed by atoms with Crippen molar-refractivity contribution in [2.75, 3.05) is 13.2 Å². The maximum atomic E-state index is 9.15. The van der Waals surface area contributed by atoms with Crippen molar-refractivity contribution in [1.29, 1.82) is 0 Å². The summed E-state index contributed by atoms with van der Waals surface area (Å²) in [6.07, 6.45) is 4.41. The number of nitrogens with zero attached hydrogens (tertiary/aromatic N) is 3. The van der Waals surface area contributed by atoms with Crippen molar-refractivity contribution in [2.24, 2.45) is 0 Å². The molecule has 0 aromatic carbocycles. The Kier molecular flexibility index (Phi) is 4.44. The Hall–Kier alpha value is -1.24. The quantitative estimate of drug-likeness (QED) is 0.918. The second kappa shape index (κ2) is 6.47. The molecular weight excluding hydrogens is 274 g/mol. The molecule has 0 bridgehead atoms. The summed E-state index contributed by atoms with van der Waals surface area (Å²) < 4.78 is 5.74. The van der Waals surface area contributed by atoms with E-state index in [1.165, 1.54) is 12.8 Å². The number of rotatable bonds is 5. The number of piperidine rings is 1. The van der Waals surface area contributed by atoms with E-state index in [0.717, 1.165) is 24.3 Å². The minimum Gasteiger partial charge on any atom is -0.419 e. The maximum absolute atomic E-state index is 9.15. The summed E-state index contributed by atoms with van der Waals surface area (Å²) in [5.74, 6) is 1.27. The topological polar surface area (TPSA) is 62.4 Å². The van der Waals surface area contributed by atoms with Crippen LogP contribution in [-0.4, -0.2) is 39.4 Å². The number of thiophene rings is 1. The molecule has 1 atom stereocenters. The Balaban J connectivity index is 1.67. The fourth-order valence-corrected chi connectivity index (χ4v) is 3.38. The molecule has 3 rings (SSSR count). The van der Waals surface area contributed by atoms with Gasteiger partial charge in [0.1, 0.15) is 0 Å². The highest BCUT2D eigenvalue weighted by Gasteiger charge is 2.23. The molecule has 1 aliphatic heterocycles. The van der Waals surface area contributed by atoms with Gasteiger partial charge in [-0.3, -0.25) is 4.90 Å². The van der Waals surface area contributed by atoms with E-state index < -0.39 is 0 Å². The van der Waals surface area contributed by atoms with E-state index in [4.69, 9.17) is 9.52 Å². The molecule has 6 heteroatoms. The van der Waals surface area contributed by atoms with Crippen LogP contribution in [0.4, 0.5) is 0 Å². The first-order valence-electron chi connectivity index (χ1n) is 7.08. The van der Waals surface area contributed by atoms with E-state index in [0.29, 0.717) is 24.4 Å². The van der Waals surface area contributed by atoms with Crippen molar-refractivity contribution < 1.29 is 9.52 Å². The Morgan fingerprint density at radius 1 is 1.40 bits per heavy atom.